The van der Waals surface area contributed by atoms with Crippen LogP contribution in [0.1, 0.15) is 5.56 Å². The molecule has 1 aromatic carbocycles. The van der Waals surface area contributed by atoms with Crippen molar-refractivity contribution in [3.63, 3.8) is 0 Å². The Bertz CT molecular complexity index is 248. The van der Waals surface area contributed by atoms with Gasteiger partial charge in [-0.3, -0.25) is 0 Å². The number of halogens is 1. The number of rotatable bonds is 4. The molecule has 1 N–H and O–H groups in total. The van der Waals surface area contributed by atoms with Crippen LogP contribution >= 0.6 is 23.4 Å². The summed E-state index contributed by atoms with van der Waals surface area (Å²) in [6.45, 7) is 2.06. The molecule has 0 saturated heterocycles. The van der Waals surface area contributed by atoms with Crippen molar-refractivity contribution in [1.82, 2.24) is 0 Å². The standard InChI is InChI=1S/C10H13ClOS/c1-8-2-4-10(5-3-8)13-7-9(12)6-11/h2-5,9,12H,6-7H2,1H3. The second kappa shape index (κ2) is 5.53. The van der Waals surface area contributed by atoms with Crippen molar-refractivity contribution in [1.29, 1.82) is 0 Å². The van der Waals surface area contributed by atoms with Crippen LogP contribution in [0.15, 0.2) is 29.2 Å². The number of hydrogen-bond acceptors (Lipinski definition) is 2. The van der Waals surface area contributed by atoms with Crippen LogP contribution in [0.3, 0.4) is 0 Å². The van der Waals surface area contributed by atoms with Crippen LogP contribution in [0.2, 0.25) is 0 Å². The van der Waals surface area contributed by atoms with E-state index in [-0.39, 0.29) is 0 Å². The monoisotopic (exact) mass is 216 g/mol. The van der Waals surface area contributed by atoms with Gasteiger partial charge < -0.3 is 5.11 Å². The number of benzene rings is 1. The first-order valence-electron chi connectivity index (χ1n) is 4.16. The summed E-state index contributed by atoms with van der Waals surface area (Å²) in [5.41, 5.74) is 1.25. The van der Waals surface area contributed by atoms with Gasteiger partial charge in [-0.05, 0) is 19.1 Å². The van der Waals surface area contributed by atoms with E-state index in [2.05, 4.69) is 31.2 Å². The van der Waals surface area contributed by atoms with E-state index >= 15 is 0 Å². The zero-order chi connectivity index (χ0) is 9.68. The average Bonchev–Trinajstić information content (AvgIpc) is 2.16. The minimum Gasteiger partial charge on any atom is -0.391 e. The molecule has 0 heterocycles. The summed E-state index contributed by atoms with van der Waals surface area (Å²) >= 11 is 7.11. The van der Waals surface area contributed by atoms with Crippen molar-refractivity contribution in [2.75, 3.05) is 11.6 Å². The zero-order valence-corrected chi connectivity index (χ0v) is 9.11. The Balaban J connectivity index is 2.41. The molecule has 0 aliphatic carbocycles. The third-order valence-corrected chi connectivity index (χ3v) is 3.15. The lowest BCUT2D eigenvalue weighted by atomic mass is 10.2. The lowest BCUT2D eigenvalue weighted by Crippen LogP contribution is -2.10. The van der Waals surface area contributed by atoms with Crippen LogP contribution in [-0.4, -0.2) is 22.8 Å². The van der Waals surface area contributed by atoms with Crippen molar-refractivity contribution in [3.05, 3.63) is 29.8 Å². The third-order valence-electron chi connectivity index (χ3n) is 1.64. The predicted octanol–water partition coefficient (Wildman–Crippen LogP) is 2.69. The minimum absolute atomic E-state index is 0.304. The van der Waals surface area contributed by atoms with E-state index in [4.69, 9.17) is 11.6 Å². The first kappa shape index (κ1) is 10.9. The molecule has 0 amide bonds. The highest BCUT2D eigenvalue weighted by molar-refractivity contribution is 7.99. The Kier molecular flexibility index (Phi) is 4.64. The largest absolute Gasteiger partial charge is 0.391 e. The van der Waals surface area contributed by atoms with Gasteiger partial charge in [-0.25, -0.2) is 0 Å². The Morgan fingerprint density at radius 1 is 1.38 bits per heavy atom. The molecular formula is C10H13ClOS. The fourth-order valence-corrected chi connectivity index (χ4v) is 1.94. The number of aliphatic hydroxyl groups excluding tert-OH is 1. The molecule has 0 aliphatic rings. The lowest BCUT2D eigenvalue weighted by molar-refractivity contribution is 0.223. The van der Waals surface area contributed by atoms with Gasteiger partial charge in [0.2, 0.25) is 0 Å². The SMILES string of the molecule is Cc1ccc(SCC(O)CCl)cc1. The van der Waals surface area contributed by atoms with Gasteiger partial charge >= 0.3 is 0 Å². The number of aliphatic hydroxyl groups is 1. The molecule has 0 aromatic heterocycles. The van der Waals surface area contributed by atoms with Gasteiger partial charge in [0.1, 0.15) is 0 Å². The Labute approximate surface area is 88.1 Å². The molecule has 72 valence electrons. The molecule has 1 rings (SSSR count). The molecule has 0 radical (unpaired) electrons. The average molecular weight is 217 g/mol. The molecule has 1 aromatic rings. The fraction of sp³-hybridized carbons (Fsp3) is 0.400. The molecule has 3 heteroatoms. The van der Waals surface area contributed by atoms with Gasteiger partial charge in [0, 0.05) is 16.5 Å². The van der Waals surface area contributed by atoms with Crippen molar-refractivity contribution in [3.8, 4) is 0 Å². The highest BCUT2D eigenvalue weighted by Crippen LogP contribution is 2.19. The van der Waals surface area contributed by atoms with Gasteiger partial charge in [0.25, 0.3) is 0 Å². The van der Waals surface area contributed by atoms with Crippen LogP contribution < -0.4 is 0 Å². The van der Waals surface area contributed by atoms with Crippen LogP contribution in [-0.2, 0) is 0 Å². The summed E-state index contributed by atoms with van der Waals surface area (Å²) in [5, 5.41) is 9.22. The van der Waals surface area contributed by atoms with Gasteiger partial charge in [0.05, 0.1) is 6.10 Å². The number of hydrogen-bond donors (Lipinski definition) is 1. The highest BCUT2D eigenvalue weighted by atomic mass is 35.5. The van der Waals surface area contributed by atoms with Crippen molar-refractivity contribution < 1.29 is 5.11 Å². The van der Waals surface area contributed by atoms with Gasteiger partial charge in [-0.1, -0.05) is 17.7 Å². The summed E-state index contributed by atoms with van der Waals surface area (Å²) in [4.78, 5) is 1.18. The van der Waals surface area contributed by atoms with E-state index in [0.717, 1.165) is 0 Å². The lowest BCUT2D eigenvalue weighted by Gasteiger charge is -2.05. The van der Waals surface area contributed by atoms with Crippen LogP contribution in [0, 0.1) is 6.92 Å². The van der Waals surface area contributed by atoms with Crippen LogP contribution in [0.5, 0.6) is 0 Å². The number of alkyl halides is 1. The zero-order valence-electron chi connectivity index (χ0n) is 7.53. The fourth-order valence-electron chi connectivity index (χ4n) is 0.871. The van der Waals surface area contributed by atoms with Crippen LogP contribution in [0.25, 0.3) is 0 Å². The molecule has 1 atom stereocenters. The van der Waals surface area contributed by atoms with E-state index in [0.29, 0.717) is 11.6 Å². The second-order valence-corrected chi connectivity index (χ2v) is 4.33. The molecule has 0 saturated carbocycles. The summed E-state index contributed by atoms with van der Waals surface area (Å²) < 4.78 is 0. The van der Waals surface area contributed by atoms with Gasteiger partial charge in [-0.2, -0.15) is 0 Å². The maximum absolute atomic E-state index is 9.22. The summed E-state index contributed by atoms with van der Waals surface area (Å²) in [7, 11) is 0. The third kappa shape index (κ3) is 4.03. The topological polar surface area (TPSA) is 20.2 Å². The van der Waals surface area contributed by atoms with Gasteiger partial charge in [0.15, 0.2) is 0 Å². The van der Waals surface area contributed by atoms with E-state index in [1.807, 2.05) is 0 Å². The molecule has 1 nitrogen and oxygen atoms in total. The van der Waals surface area contributed by atoms with E-state index in [1.54, 1.807) is 11.8 Å². The normalized spacial score (nSPS) is 12.8. The van der Waals surface area contributed by atoms with E-state index < -0.39 is 6.10 Å². The highest BCUT2D eigenvalue weighted by Gasteiger charge is 2.02. The summed E-state index contributed by atoms with van der Waals surface area (Å²) in [5.74, 6) is 0.964. The number of aryl methyl sites for hydroxylation is 1. The van der Waals surface area contributed by atoms with Crippen molar-refractivity contribution in [2.24, 2.45) is 0 Å². The van der Waals surface area contributed by atoms with Crippen molar-refractivity contribution >= 4 is 23.4 Å². The summed E-state index contributed by atoms with van der Waals surface area (Å²) in [6, 6.07) is 8.24. The minimum atomic E-state index is -0.409. The maximum Gasteiger partial charge on any atom is 0.0769 e. The Hall–Kier alpha value is -0.180. The predicted molar refractivity (Wildman–Crippen MR) is 58.6 cm³/mol. The molecular weight excluding hydrogens is 204 g/mol. The molecule has 13 heavy (non-hydrogen) atoms. The number of thioether (sulfide) groups is 1. The Morgan fingerprint density at radius 2 is 2.00 bits per heavy atom. The van der Waals surface area contributed by atoms with Gasteiger partial charge in [-0.15, -0.1) is 23.4 Å². The first-order chi connectivity index (χ1) is 6.22. The van der Waals surface area contributed by atoms with Crippen molar-refractivity contribution in [2.45, 2.75) is 17.9 Å². The van der Waals surface area contributed by atoms with Crippen LogP contribution in [0.4, 0.5) is 0 Å². The molecule has 0 bridgehead atoms. The summed E-state index contributed by atoms with van der Waals surface area (Å²) in [6.07, 6.45) is -0.409. The van der Waals surface area contributed by atoms with E-state index in [9.17, 15) is 5.11 Å². The molecule has 0 spiro atoms. The maximum atomic E-state index is 9.22. The Morgan fingerprint density at radius 3 is 2.54 bits per heavy atom. The molecule has 0 fully saturated rings. The molecule has 1 unspecified atom stereocenters. The molecule has 0 aliphatic heterocycles. The van der Waals surface area contributed by atoms with E-state index in [1.165, 1.54) is 10.5 Å². The first-order valence-corrected chi connectivity index (χ1v) is 5.68. The smallest absolute Gasteiger partial charge is 0.0769 e. The second-order valence-electron chi connectivity index (χ2n) is 2.93. The quantitative estimate of drug-likeness (QED) is 0.617.